The maximum atomic E-state index is 11.3. The standard InChI is InChI=1S/C38H70O/c1-6-9-12-14-16-18-20-22-24-26-29-34-32-36(38(4,5)31-28-11-8-3)33-35(37(34)39)30-27-25-23-21-19-17-15-13-10-7-2/h32-33,39H,6-31H2,1-5H3. The van der Waals surface area contributed by atoms with Crippen LogP contribution in [0.1, 0.15) is 205 Å². The highest BCUT2D eigenvalue weighted by molar-refractivity contribution is 5.46. The molecule has 1 aromatic carbocycles. The molecule has 0 bridgehead atoms. The van der Waals surface area contributed by atoms with Gasteiger partial charge in [0.2, 0.25) is 0 Å². The summed E-state index contributed by atoms with van der Waals surface area (Å²) in [7, 11) is 0. The first kappa shape index (κ1) is 36.0. The Morgan fingerprint density at radius 2 is 0.769 bits per heavy atom. The Morgan fingerprint density at radius 3 is 1.13 bits per heavy atom. The van der Waals surface area contributed by atoms with Crippen LogP contribution in [0.3, 0.4) is 0 Å². The zero-order chi connectivity index (χ0) is 28.6. The molecule has 0 heterocycles. The Morgan fingerprint density at radius 1 is 0.462 bits per heavy atom. The van der Waals surface area contributed by atoms with Crippen molar-refractivity contribution in [2.45, 2.75) is 207 Å². The summed E-state index contributed by atoms with van der Waals surface area (Å²) < 4.78 is 0. The van der Waals surface area contributed by atoms with E-state index in [0.29, 0.717) is 5.75 Å². The van der Waals surface area contributed by atoms with E-state index >= 15 is 0 Å². The highest BCUT2D eigenvalue weighted by atomic mass is 16.3. The van der Waals surface area contributed by atoms with Gasteiger partial charge >= 0.3 is 0 Å². The molecule has 1 aromatic rings. The molecule has 0 aliphatic heterocycles. The fourth-order valence-electron chi connectivity index (χ4n) is 6.10. The second kappa shape index (κ2) is 23.7. The van der Waals surface area contributed by atoms with Crippen LogP contribution >= 0.6 is 0 Å². The van der Waals surface area contributed by atoms with Crippen molar-refractivity contribution in [3.05, 3.63) is 28.8 Å². The molecule has 39 heavy (non-hydrogen) atoms. The van der Waals surface area contributed by atoms with Gasteiger partial charge in [0.25, 0.3) is 0 Å². The lowest BCUT2D eigenvalue weighted by atomic mass is 9.78. The van der Waals surface area contributed by atoms with Crippen LogP contribution in [-0.4, -0.2) is 5.11 Å². The summed E-state index contributed by atoms with van der Waals surface area (Å²) >= 11 is 0. The van der Waals surface area contributed by atoms with Gasteiger partial charge in [-0.1, -0.05) is 182 Å². The molecule has 0 aliphatic rings. The number of unbranched alkanes of at least 4 members (excludes halogenated alkanes) is 20. The van der Waals surface area contributed by atoms with E-state index in [1.54, 1.807) is 0 Å². The van der Waals surface area contributed by atoms with E-state index in [0.717, 1.165) is 12.8 Å². The zero-order valence-corrected chi connectivity index (χ0v) is 27.5. The molecule has 1 N–H and O–H groups in total. The van der Waals surface area contributed by atoms with E-state index < -0.39 is 0 Å². The fourth-order valence-corrected chi connectivity index (χ4v) is 6.10. The third-order valence-corrected chi connectivity index (χ3v) is 9.05. The van der Waals surface area contributed by atoms with Crippen LogP contribution in [0.5, 0.6) is 5.75 Å². The first-order chi connectivity index (χ1) is 19.0. The average molecular weight is 543 g/mol. The van der Waals surface area contributed by atoms with Crippen LogP contribution in [0.4, 0.5) is 0 Å². The highest BCUT2D eigenvalue weighted by Gasteiger charge is 2.23. The van der Waals surface area contributed by atoms with E-state index in [9.17, 15) is 5.11 Å². The molecule has 0 aliphatic carbocycles. The predicted octanol–water partition coefficient (Wildman–Crippen LogP) is 13.2. The third kappa shape index (κ3) is 17.4. The summed E-state index contributed by atoms with van der Waals surface area (Å²) in [5.74, 6) is 0.620. The van der Waals surface area contributed by atoms with Gasteiger partial charge in [0, 0.05) is 0 Å². The van der Waals surface area contributed by atoms with Gasteiger partial charge in [0.1, 0.15) is 5.75 Å². The molecule has 0 unspecified atom stereocenters. The number of phenols is 1. The molecule has 0 fully saturated rings. The molecule has 0 spiro atoms. The first-order valence-electron chi connectivity index (χ1n) is 17.8. The lowest BCUT2D eigenvalue weighted by Crippen LogP contribution is -2.18. The topological polar surface area (TPSA) is 20.2 Å². The predicted molar refractivity (Wildman–Crippen MR) is 176 cm³/mol. The number of phenolic OH excluding ortho intramolecular Hbond substituents is 1. The van der Waals surface area contributed by atoms with Gasteiger partial charge in [-0.3, -0.25) is 0 Å². The van der Waals surface area contributed by atoms with Gasteiger partial charge in [-0.25, -0.2) is 0 Å². The molecule has 0 amide bonds. The summed E-state index contributed by atoms with van der Waals surface area (Å²) in [6.07, 6.45) is 34.5. The molecule has 1 heteroatoms. The SMILES string of the molecule is CCCCCCCCCCCCc1cc(C(C)(C)CCCCC)cc(CCCCCCCCCCCC)c1O. The minimum Gasteiger partial charge on any atom is -0.507 e. The van der Waals surface area contributed by atoms with Crippen molar-refractivity contribution in [1.29, 1.82) is 0 Å². The normalized spacial score (nSPS) is 11.9. The number of aromatic hydroxyl groups is 1. The summed E-state index contributed by atoms with van der Waals surface area (Å²) in [5.41, 5.74) is 4.08. The summed E-state index contributed by atoms with van der Waals surface area (Å²) in [5, 5.41) is 11.3. The quantitative estimate of drug-likeness (QED) is 0.110. The Bertz CT molecular complexity index is 643. The van der Waals surface area contributed by atoms with E-state index in [1.165, 1.54) is 171 Å². The Hall–Kier alpha value is -0.980. The molecule has 0 saturated heterocycles. The lowest BCUT2D eigenvalue weighted by molar-refractivity contribution is 0.439. The Kier molecular flexibility index (Phi) is 21.9. The lowest BCUT2D eigenvalue weighted by Gasteiger charge is -2.27. The maximum Gasteiger partial charge on any atom is 0.121 e. The molecule has 1 rings (SSSR count). The molecule has 0 saturated carbocycles. The number of rotatable bonds is 27. The van der Waals surface area contributed by atoms with Crippen LogP contribution < -0.4 is 0 Å². The van der Waals surface area contributed by atoms with Crippen molar-refractivity contribution >= 4 is 0 Å². The Balaban J connectivity index is 2.59. The maximum absolute atomic E-state index is 11.3. The van der Waals surface area contributed by atoms with Crippen LogP contribution in [0.15, 0.2) is 12.1 Å². The number of benzene rings is 1. The van der Waals surface area contributed by atoms with Crippen molar-refractivity contribution in [2.24, 2.45) is 0 Å². The van der Waals surface area contributed by atoms with Crippen molar-refractivity contribution < 1.29 is 5.11 Å². The second-order valence-corrected chi connectivity index (χ2v) is 13.3. The van der Waals surface area contributed by atoms with Gasteiger partial charge in [-0.05, 0) is 54.2 Å². The molecular weight excluding hydrogens is 472 g/mol. The number of aryl methyl sites for hydroxylation is 2. The summed E-state index contributed by atoms with van der Waals surface area (Å²) in [6, 6.07) is 4.74. The molecule has 0 aromatic heterocycles. The largest absolute Gasteiger partial charge is 0.507 e. The Labute approximate surface area is 246 Å². The zero-order valence-electron chi connectivity index (χ0n) is 27.5. The van der Waals surface area contributed by atoms with Crippen molar-refractivity contribution in [1.82, 2.24) is 0 Å². The van der Waals surface area contributed by atoms with E-state index in [4.69, 9.17) is 0 Å². The van der Waals surface area contributed by atoms with E-state index in [-0.39, 0.29) is 5.41 Å². The van der Waals surface area contributed by atoms with Crippen LogP contribution in [-0.2, 0) is 18.3 Å². The molecule has 1 nitrogen and oxygen atoms in total. The van der Waals surface area contributed by atoms with Gasteiger partial charge < -0.3 is 5.11 Å². The van der Waals surface area contributed by atoms with Crippen molar-refractivity contribution in [3.63, 3.8) is 0 Å². The van der Waals surface area contributed by atoms with Crippen LogP contribution in [0, 0.1) is 0 Å². The van der Waals surface area contributed by atoms with Gasteiger partial charge in [-0.2, -0.15) is 0 Å². The first-order valence-corrected chi connectivity index (χ1v) is 17.8. The number of hydrogen-bond donors (Lipinski definition) is 1. The smallest absolute Gasteiger partial charge is 0.121 e. The van der Waals surface area contributed by atoms with Gasteiger partial charge in [0.05, 0.1) is 0 Å². The summed E-state index contributed by atoms with van der Waals surface area (Å²) in [6.45, 7) is 11.7. The van der Waals surface area contributed by atoms with Crippen LogP contribution in [0.25, 0.3) is 0 Å². The van der Waals surface area contributed by atoms with E-state index in [2.05, 4.69) is 46.8 Å². The van der Waals surface area contributed by atoms with E-state index in [1.807, 2.05) is 0 Å². The van der Waals surface area contributed by atoms with Gasteiger partial charge in [-0.15, -0.1) is 0 Å². The van der Waals surface area contributed by atoms with Crippen LogP contribution in [0.2, 0.25) is 0 Å². The summed E-state index contributed by atoms with van der Waals surface area (Å²) in [4.78, 5) is 0. The molecular formula is C38H70O. The number of hydrogen-bond acceptors (Lipinski definition) is 1. The van der Waals surface area contributed by atoms with Gasteiger partial charge in [0.15, 0.2) is 0 Å². The fraction of sp³-hybridized carbons (Fsp3) is 0.842. The molecule has 228 valence electrons. The molecule has 0 radical (unpaired) electrons. The monoisotopic (exact) mass is 543 g/mol. The van der Waals surface area contributed by atoms with Crippen molar-refractivity contribution in [3.8, 4) is 5.75 Å². The average Bonchev–Trinajstić information content (AvgIpc) is 2.92. The molecule has 0 atom stereocenters. The highest BCUT2D eigenvalue weighted by Crippen LogP contribution is 2.36. The second-order valence-electron chi connectivity index (χ2n) is 13.3. The minimum absolute atomic E-state index is 0.182. The van der Waals surface area contributed by atoms with Crippen molar-refractivity contribution in [2.75, 3.05) is 0 Å². The third-order valence-electron chi connectivity index (χ3n) is 9.05. The minimum atomic E-state index is 0.182.